The number of carbonyl (C=O) groups is 1. The van der Waals surface area contributed by atoms with Crippen LogP contribution in [0.1, 0.15) is 33.6 Å². The SMILES string of the molecule is CC[C@@H]1CN(c2ccc(S(=O)(=O)C(F)(F)F)cc2[N+](=O)[O-])[C@@H](CC)CN1C(C)=O. The zero-order valence-electron chi connectivity index (χ0n) is 16.1. The van der Waals surface area contributed by atoms with Crippen molar-refractivity contribution >= 4 is 27.1 Å². The average molecular weight is 437 g/mol. The fraction of sp³-hybridized carbons (Fsp3) is 0.588. The normalized spacial score (nSPS) is 20.6. The van der Waals surface area contributed by atoms with Gasteiger partial charge in [0.25, 0.3) is 15.5 Å². The highest BCUT2D eigenvalue weighted by Gasteiger charge is 2.48. The van der Waals surface area contributed by atoms with Gasteiger partial charge in [-0.2, -0.15) is 13.2 Å². The summed E-state index contributed by atoms with van der Waals surface area (Å²) in [5, 5.41) is 11.6. The molecule has 8 nitrogen and oxygen atoms in total. The molecule has 29 heavy (non-hydrogen) atoms. The van der Waals surface area contributed by atoms with Crippen LogP contribution in [0.2, 0.25) is 0 Å². The van der Waals surface area contributed by atoms with Crippen molar-refractivity contribution in [2.45, 2.75) is 56.1 Å². The smallest absolute Gasteiger partial charge is 0.359 e. The highest BCUT2D eigenvalue weighted by Crippen LogP contribution is 2.38. The Hall–Kier alpha value is -2.37. The lowest BCUT2D eigenvalue weighted by Gasteiger charge is -2.46. The van der Waals surface area contributed by atoms with Crippen LogP contribution in [0.3, 0.4) is 0 Å². The molecule has 1 fully saturated rings. The third kappa shape index (κ3) is 4.31. The summed E-state index contributed by atoms with van der Waals surface area (Å²) in [6.07, 6.45) is 1.11. The van der Waals surface area contributed by atoms with E-state index < -0.39 is 30.9 Å². The minimum absolute atomic E-state index is 0.0321. The molecule has 0 spiro atoms. The molecule has 2 rings (SSSR count). The van der Waals surface area contributed by atoms with E-state index in [4.69, 9.17) is 0 Å². The van der Waals surface area contributed by atoms with Gasteiger partial charge in [-0.15, -0.1) is 0 Å². The minimum Gasteiger partial charge on any atom is -0.359 e. The second-order valence-electron chi connectivity index (χ2n) is 6.80. The number of piperazine rings is 1. The average Bonchev–Trinajstić information content (AvgIpc) is 2.65. The van der Waals surface area contributed by atoms with Crippen molar-refractivity contribution in [2.24, 2.45) is 0 Å². The second kappa shape index (κ2) is 8.17. The van der Waals surface area contributed by atoms with E-state index in [1.807, 2.05) is 13.8 Å². The van der Waals surface area contributed by atoms with Crippen molar-refractivity contribution in [3.63, 3.8) is 0 Å². The molecule has 162 valence electrons. The first-order valence-corrected chi connectivity index (χ1v) is 10.5. The Kier molecular flexibility index (Phi) is 6.45. The van der Waals surface area contributed by atoms with Gasteiger partial charge in [0.15, 0.2) is 0 Å². The zero-order valence-corrected chi connectivity index (χ0v) is 17.0. The summed E-state index contributed by atoms with van der Waals surface area (Å²) in [5.74, 6) is -0.129. The van der Waals surface area contributed by atoms with Gasteiger partial charge in [0.05, 0.1) is 9.82 Å². The number of nitro benzene ring substituents is 1. The standard InChI is InChI=1S/C17H22F3N3O5S/c1-4-12-10-22(13(5-2)9-21(12)11(3)24)15-7-6-14(8-16(15)23(25)26)29(27,28)17(18,19)20/h6-8,12-13H,4-5,9-10H2,1-3H3/t12-,13+/m1/s1. The number of alkyl halides is 3. The lowest BCUT2D eigenvalue weighted by molar-refractivity contribution is -0.384. The molecule has 0 radical (unpaired) electrons. The van der Waals surface area contributed by atoms with Crippen LogP contribution in [0.15, 0.2) is 23.1 Å². The van der Waals surface area contributed by atoms with Crippen LogP contribution in [-0.4, -0.2) is 54.8 Å². The number of carbonyl (C=O) groups excluding carboxylic acids is 1. The number of hydrogen-bond donors (Lipinski definition) is 0. The maximum atomic E-state index is 12.8. The first-order chi connectivity index (χ1) is 13.3. The van der Waals surface area contributed by atoms with Crippen molar-refractivity contribution in [3.8, 4) is 0 Å². The Morgan fingerprint density at radius 3 is 2.24 bits per heavy atom. The van der Waals surface area contributed by atoms with Gasteiger partial charge < -0.3 is 9.80 Å². The molecule has 0 N–H and O–H groups in total. The molecule has 1 saturated heterocycles. The van der Waals surface area contributed by atoms with Crippen molar-refractivity contribution in [3.05, 3.63) is 28.3 Å². The van der Waals surface area contributed by atoms with Crippen LogP contribution in [0, 0.1) is 10.1 Å². The highest BCUT2D eigenvalue weighted by molar-refractivity contribution is 7.92. The quantitative estimate of drug-likeness (QED) is 0.518. The third-order valence-electron chi connectivity index (χ3n) is 5.11. The molecule has 0 aliphatic carbocycles. The number of sulfone groups is 1. The van der Waals surface area contributed by atoms with Gasteiger partial charge in [0, 0.05) is 38.2 Å². The summed E-state index contributed by atoms with van der Waals surface area (Å²) in [6, 6.07) is 1.69. The van der Waals surface area contributed by atoms with Gasteiger partial charge in [-0.1, -0.05) is 13.8 Å². The fourth-order valence-corrected chi connectivity index (χ4v) is 4.30. The van der Waals surface area contributed by atoms with E-state index in [2.05, 4.69) is 0 Å². The number of hydrogen-bond acceptors (Lipinski definition) is 6. The molecular formula is C17H22F3N3O5S. The molecule has 0 bridgehead atoms. The van der Waals surface area contributed by atoms with Crippen LogP contribution >= 0.6 is 0 Å². The number of benzene rings is 1. The largest absolute Gasteiger partial charge is 0.501 e. The minimum atomic E-state index is -5.71. The van der Waals surface area contributed by atoms with Crippen LogP contribution in [-0.2, 0) is 14.6 Å². The predicted octanol–water partition coefficient (Wildman–Crippen LogP) is 3.11. The molecule has 2 atom stereocenters. The van der Waals surface area contributed by atoms with Crippen LogP contribution in [0.4, 0.5) is 24.5 Å². The van der Waals surface area contributed by atoms with Crippen molar-refractivity contribution in [2.75, 3.05) is 18.0 Å². The number of rotatable bonds is 5. The Morgan fingerprint density at radius 2 is 1.79 bits per heavy atom. The van der Waals surface area contributed by atoms with Gasteiger partial charge in [0.2, 0.25) is 5.91 Å². The van der Waals surface area contributed by atoms with Crippen molar-refractivity contribution < 1.29 is 31.3 Å². The summed E-state index contributed by atoms with van der Waals surface area (Å²) in [6.45, 7) is 5.68. The van der Waals surface area contributed by atoms with E-state index in [0.717, 1.165) is 12.1 Å². The number of anilines is 1. The molecule has 0 aromatic heterocycles. The molecule has 1 heterocycles. The summed E-state index contributed by atoms with van der Waals surface area (Å²) in [7, 11) is -5.71. The molecule has 1 amide bonds. The molecule has 1 aliphatic heterocycles. The molecule has 1 aromatic carbocycles. The summed E-state index contributed by atoms with van der Waals surface area (Å²) < 4.78 is 61.8. The van der Waals surface area contributed by atoms with E-state index in [0.29, 0.717) is 25.5 Å². The monoisotopic (exact) mass is 437 g/mol. The molecule has 0 saturated carbocycles. The van der Waals surface area contributed by atoms with Crippen molar-refractivity contribution in [1.29, 1.82) is 0 Å². The summed E-state index contributed by atoms with van der Waals surface area (Å²) in [4.78, 5) is 24.8. The second-order valence-corrected chi connectivity index (χ2v) is 8.75. The van der Waals surface area contributed by atoms with Crippen molar-refractivity contribution in [1.82, 2.24) is 4.90 Å². The zero-order chi connectivity index (χ0) is 22.1. The Labute approximate surface area is 166 Å². The van der Waals surface area contributed by atoms with Crippen LogP contribution < -0.4 is 4.90 Å². The third-order valence-corrected chi connectivity index (χ3v) is 6.60. The maximum Gasteiger partial charge on any atom is 0.501 e. The molecular weight excluding hydrogens is 415 g/mol. The number of amides is 1. The van der Waals surface area contributed by atoms with Crippen LogP contribution in [0.5, 0.6) is 0 Å². The van der Waals surface area contributed by atoms with E-state index in [9.17, 15) is 36.5 Å². The van der Waals surface area contributed by atoms with Gasteiger partial charge in [-0.3, -0.25) is 14.9 Å². The summed E-state index contributed by atoms with van der Waals surface area (Å²) in [5.41, 5.74) is -6.25. The van der Waals surface area contributed by atoms with Gasteiger partial charge in [-0.25, -0.2) is 8.42 Å². The Morgan fingerprint density at radius 1 is 1.21 bits per heavy atom. The van der Waals surface area contributed by atoms with Crippen LogP contribution in [0.25, 0.3) is 0 Å². The number of nitro groups is 1. The van der Waals surface area contributed by atoms with E-state index in [-0.39, 0.29) is 30.2 Å². The van der Waals surface area contributed by atoms with E-state index >= 15 is 0 Å². The fourth-order valence-electron chi connectivity index (χ4n) is 3.52. The molecule has 1 aromatic rings. The molecule has 12 heteroatoms. The molecule has 1 aliphatic rings. The van der Waals surface area contributed by atoms with Gasteiger partial charge >= 0.3 is 5.51 Å². The first kappa shape index (κ1) is 22.9. The number of halogens is 3. The van der Waals surface area contributed by atoms with E-state index in [1.54, 1.807) is 9.80 Å². The molecule has 0 unspecified atom stereocenters. The number of nitrogens with zero attached hydrogens (tertiary/aromatic N) is 3. The summed E-state index contributed by atoms with van der Waals surface area (Å²) >= 11 is 0. The topological polar surface area (TPSA) is 101 Å². The predicted molar refractivity (Wildman–Crippen MR) is 99.2 cm³/mol. The van der Waals surface area contributed by atoms with Gasteiger partial charge in [0.1, 0.15) is 5.69 Å². The van der Waals surface area contributed by atoms with E-state index in [1.165, 1.54) is 6.92 Å². The lowest BCUT2D eigenvalue weighted by atomic mass is 10.0. The Bertz CT molecular complexity index is 904. The highest BCUT2D eigenvalue weighted by atomic mass is 32.2. The lowest BCUT2D eigenvalue weighted by Crippen LogP contribution is -2.59. The first-order valence-electron chi connectivity index (χ1n) is 8.98. The Balaban J connectivity index is 2.56. The maximum absolute atomic E-state index is 12.8. The van der Waals surface area contributed by atoms with Gasteiger partial charge in [-0.05, 0) is 25.0 Å².